The van der Waals surface area contributed by atoms with Crippen LogP contribution in [-0.2, 0) is 45.3 Å². The molecule has 1 unspecified atom stereocenters. The minimum absolute atomic E-state index is 0.000322. The number of ether oxygens (including phenoxy) is 4. The molecule has 2 aliphatic rings. The molecule has 0 bridgehead atoms. The lowest BCUT2D eigenvalue weighted by Crippen LogP contribution is -2.40. The van der Waals surface area contributed by atoms with E-state index in [0.29, 0.717) is 26.4 Å². The quantitative estimate of drug-likeness (QED) is 0.167. The van der Waals surface area contributed by atoms with Crippen LogP contribution >= 0.6 is 0 Å². The van der Waals surface area contributed by atoms with Gasteiger partial charge in [0, 0.05) is 25.3 Å². The van der Waals surface area contributed by atoms with Crippen molar-refractivity contribution in [3.63, 3.8) is 0 Å². The standard InChI is InChI=1S/C38H42N2O5/c1-41-33-19-17-28(18-20-33)21-32-22-34(45-40-32)23-35-37(43-25-30-13-7-3-8-14-30)38(44-26-31-15-9-4-10-16-31)36(39-35)27-42-24-29-11-5-2-6-12-29/h2-20,34-39H,21-27H2,1H3/t34?,35-,36+,37+,38+/m1/s1. The fraction of sp³-hybridized carbons (Fsp3) is 0.342. The van der Waals surface area contributed by atoms with Gasteiger partial charge in [0.15, 0.2) is 0 Å². The minimum atomic E-state index is -0.212. The van der Waals surface area contributed by atoms with E-state index >= 15 is 0 Å². The Morgan fingerprint density at radius 1 is 0.667 bits per heavy atom. The van der Waals surface area contributed by atoms with Gasteiger partial charge in [0.25, 0.3) is 0 Å². The Morgan fingerprint density at radius 3 is 1.80 bits per heavy atom. The SMILES string of the molecule is COc1ccc(CC2=NOC(C[C@H]3N[C@@H](COCc4ccccc4)[C@H](OCc4ccccc4)[C@H]3OCc3ccccc3)C2)cc1. The maximum atomic E-state index is 6.70. The third-order valence-corrected chi connectivity index (χ3v) is 8.40. The Balaban J connectivity index is 1.15. The Morgan fingerprint density at radius 2 is 1.22 bits per heavy atom. The van der Waals surface area contributed by atoms with Gasteiger partial charge in [-0.05, 0) is 34.4 Å². The smallest absolute Gasteiger partial charge is 0.134 e. The first-order valence-electron chi connectivity index (χ1n) is 15.8. The molecule has 0 spiro atoms. The van der Waals surface area contributed by atoms with E-state index in [1.165, 1.54) is 5.56 Å². The number of hydrogen-bond donors (Lipinski definition) is 1. The van der Waals surface area contributed by atoms with Gasteiger partial charge in [0.05, 0.1) is 45.3 Å². The Labute approximate surface area is 266 Å². The van der Waals surface area contributed by atoms with Gasteiger partial charge < -0.3 is 29.1 Å². The Bertz CT molecular complexity index is 1470. The van der Waals surface area contributed by atoms with E-state index in [2.05, 4.69) is 59.0 Å². The molecule has 4 aromatic carbocycles. The van der Waals surface area contributed by atoms with E-state index in [1.807, 2.05) is 66.7 Å². The number of rotatable bonds is 15. The molecule has 0 aromatic heterocycles. The summed E-state index contributed by atoms with van der Waals surface area (Å²) < 4.78 is 24.9. The van der Waals surface area contributed by atoms with E-state index < -0.39 is 0 Å². The third-order valence-electron chi connectivity index (χ3n) is 8.40. The molecule has 0 saturated carbocycles. The molecule has 7 heteroatoms. The molecule has 45 heavy (non-hydrogen) atoms. The van der Waals surface area contributed by atoms with Crippen molar-refractivity contribution in [3.05, 3.63) is 138 Å². The fourth-order valence-electron chi connectivity index (χ4n) is 6.08. The first kappa shape index (κ1) is 31.0. The first-order chi connectivity index (χ1) is 22.2. The van der Waals surface area contributed by atoms with Gasteiger partial charge >= 0.3 is 0 Å². The maximum Gasteiger partial charge on any atom is 0.134 e. The molecule has 5 atom stereocenters. The second-order valence-electron chi connectivity index (χ2n) is 11.8. The summed E-state index contributed by atoms with van der Waals surface area (Å²) in [6.07, 6.45) is 1.82. The first-order valence-corrected chi connectivity index (χ1v) is 15.8. The summed E-state index contributed by atoms with van der Waals surface area (Å²) in [5, 5.41) is 8.31. The normalized spacial score (nSPS) is 22.6. The van der Waals surface area contributed by atoms with Crippen molar-refractivity contribution in [2.75, 3.05) is 13.7 Å². The third kappa shape index (κ3) is 8.80. The second-order valence-corrected chi connectivity index (χ2v) is 11.8. The van der Waals surface area contributed by atoms with Crippen molar-refractivity contribution in [1.82, 2.24) is 5.32 Å². The molecular weight excluding hydrogens is 564 g/mol. The number of oxime groups is 1. The molecule has 2 heterocycles. The number of benzene rings is 4. The van der Waals surface area contributed by atoms with Gasteiger partial charge in [0.2, 0.25) is 0 Å². The van der Waals surface area contributed by atoms with Crippen LogP contribution in [0.3, 0.4) is 0 Å². The monoisotopic (exact) mass is 606 g/mol. The van der Waals surface area contributed by atoms with Crippen LogP contribution in [0.1, 0.15) is 35.1 Å². The molecule has 0 aliphatic carbocycles. The molecule has 234 valence electrons. The van der Waals surface area contributed by atoms with Crippen LogP contribution in [0.4, 0.5) is 0 Å². The van der Waals surface area contributed by atoms with Gasteiger partial charge in [-0.1, -0.05) is 108 Å². The van der Waals surface area contributed by atoms with E-state index in [0.717, 1.165) is 47.4 Å². The van der Waals surface area contributed by atoms with E-state index in [1.54, 1.807) is 7.11 Å². The van der Waals surface area contributed by atoms with Crippen molar-refractivity contribution < 1.29 is 23.8 Å². The highest BCUT2D eigenvalue weighted by molar-refractivity contribution is 5.87. The van der Waals surface area contributed by atoms with Gasteiger partial charge in [-0.25, -0.2) is 0 Å². The molecule has 2 aliphatic heterocycles. The topological polar surface area (TPSA) is 70.5 Å². The van der Waals surface area contributed by atoms with Crippen LogP contribution in [0.15, 0.2) is 120 Å². The zero-order valence-electron chi connectivity index (χ0n) is 25.8. The largest absolute Gasteiger partial charge is 0.497 e. The lowest BCUT2D eigenvalue weighted by molar-refractivity contribution is -0.0889. The van der Waals surface area contributed by atoms with Crippen LogP contribution < -0.4 is 10.1 Å². The summed E-state index contributed by atoms with van der Waals surface area (Å²) in [5.74, 6) is 0.849. The highest BCUT2D eigenvalue weighted by atomic mass is 16.6. The van der Waals surface area contributed by atoms with Crippen LogP contribution in [0.2, 0.25) is 0 Å². The van der Waals surface area contributed by atoms with Crippen molar-refractivity contribution >= 4 is 5.71 Å². The number of methoxy groups -OCH3 is 1. The molecule has 0 amide bonds. The summed E-state index contributed by atoms with van der Waals surface area (Å²) in [5.41, 5.74) is 5.63. The molecule has 0 radical (unpaired) electrons. The second kappa shape index (κ2) is 15.8. The highest BCUT2D eigenvalue weighted by Gasteiger charge is 2.46. The number of nitrogens with zero attached hydrogens (tertiary/aromatic N) is 1. The lowest BCUT2D eigenvalue weighted by atomic mass is 9.97. The summed E-state index contributed by atoms with van der Waals surface area (Å²) in [4.78, 5) is 5.99. The predicted octanol–water partition coefficient (Wildman–Crippen LogP) is 6.50. The molecule has 1 N–H and O–H groups in total. The summed E-state index contributed by atoms with van der Waals surface area (Å²) in [6, 6.07) is 38.9. The van der Waals surface area contributed by atoms with Gasteiger partial charge in [-0.15, -0.1) is 0 Å². The van der Waals surface area contributed by atoms with Crippen molar-refractivity contribution in [2.24, 2.45) is 5.16 Å². The number of hydrogen-bond acceptors (Lipinski definition) is 7. The molecular formula is C38H42N2O5. The van der Waals surface area contributed by atoms with E-state index in [-0.39, 0.29) is 30.4 Å². The number of nitrogens with one attached hydrogen (secondary N) is 1. The zero-order valence-corrected chi connectivity index (χ0v) is 25.8. The molecule has 1 fully saturated rings. The summed E-state index contributed by atoms with van der Waals surface area (Å²) >= 11 is 0. The van der Waals surface area contributed by atoms with Gasteiger partial charge in [-0.3, -0.25) is 0 Å². The average molecular weight is 607 g/mol. The van der Waals surface area contributed by atoms with E-state index in [4.69, 9.17) is 23.8 Å². The minimum Gasteiger partial charge on any atom is -0.497 e. The Kier molecular flexibility index (Phi) is 10.9. The average Bonchev–Trinajstić information content (AvgIpc) is 3.67. The predicted molar refractivity (Wildman–Crippen MR) is 175 cm³/mol. The van der Waals surface area contributed by atoms with Gasteiger partial charge in [-0.2, -0.15) is 0 Å². The molecule has 4 aromatic rings. The fourth-order valence-corrected chi connectivity index (χ4v) is 6.08. The van der Waals surface area contributed by atoms with Crippen molar-refractivity contribution in [1.29, 1.82) is 0 Å². The van der Waals surface area contributed by atoms with Crippen molar-refractivity contribution in [3.8, 4) is 5.75 Å². The van der Waals surface area contributed by atoms with Crippen molar-refractivity contribution in [2.45, 2.75) is 69.5 Å². The van der Waals surface area contributed by atoms with Crippen LogP contribution in [-0.4, -0.2) is 49.8 Å². The molecule has 6 rings (SSSR count). The molecule has 7 nitrogen and oxygen atoms in total. The summed E-state index contributed by atoms with van der Waals surface area (Å²) in [7, 11) is 1.68. The van der Waals surface area contributed by atoms with Crippen LogP contribution in [0.25, 0.3) is 0 Å². The van der Waals surface area contributed by atoms with Crippen LogP contribution in [0, 0.1) is 0 Å². The summed E-state index contributed by atoms with van der Waals surface area (Å²) in [6.45, 7) is 2.03. The molecule has 1 saturated heterocycles. The van der Waals surface area contributed by atoms with Crippen LogP contribution in [0.5, 0.6) is 5.75 Å². The van der Waals surface area contributed by atoms with E-state index in [9.17, 15) is 0 Å². The maximum absolute atomic E-state index is 6.70. The zero-order chi connectivity index (χ0) is 30.7. The highest BCUT2D eigenvalue weighted by Crippen LogP contribution is 2.30. The lowest BCUT2D eigenvalue weighted by Gasteiger charge is -2.27. The Hall–Kier alpha value is -4.01. The van der Waals surface area contributed by atoms with Gasteiger partial charge in [0.1, 0.15) is 24.1 Å².